The molecule has 0 aliphatic carbocycles. The van der Waals surface area contributed by atoms with E-state index in [1.807, 2.05) is 26.8 Å². The summed E-state index contributed by atoms with van der Waals surface area (Å²) >= 11 is 0. The summed E-state index contributed by atoms with van der Waals surface area (Å²) in [5.74, 6) is -1.48. The van der Waals surface area contributed by atoms with Gasteiger partial charge in [-0.1, -0.05) is 26.8 Å². The number of benzene rings is 1. The molecule has 4 amide bonds. The number of amides is 4. The van der Waals surface area contributed by atoms with Gasteiger partial charge in [-0.05, 0) is 30.3 Å². The monoisotopic (exact) mass is 384 g/mol. The third kappa shape index (κ3) is 4.16. The van der Waals surface area contributed by atoms with Crippen LogP contribution in [0.25, 0.3) is 0 Å². The normalized spacial score (nSPS) is 14.6. The lowest BCUT2D eigenvalue weighted by molar-refractivity contribution is -0.120. The van der Waals surface area contributed by atoms with Crippen LogP contribution in [0, 0.1) is 5.82 Å². The van der Waals surface area contributed by atoms with E-state index in [9.17, 15) is 18.8 Å². The minimum absolute atomic E-state index is 0.0146. The molecule has 0 atom stereocenters. The van der Waals surface area contributed by atoms with Crippen molar-refractivity contribution in [2.75, 3.05) is 16.8 Å². The molecule has 1 fully saturated rings. The van der Waals surface area contributed by atoms with Gasteiger partial charge in [0.15, 0.2) is 0 Å². The first-order chi connectivity index (χ1) is 13.1. The summed E-state index contributed by atoms with van der Waals surface area (Å²) in [6.07, 6.45) is 0.0747. The number of rotatable bonds is 3. The Morgan fingerprint density at radius 1 is 1.21 bits per heavy atom. The van der Waals surface area contributed by atoms with Gasteiger partial charge >= 0.3 is 6.03 Å². The fraction of sp³-hybridized carbons (Fsp3) is 0.300. The van der Waals surface area contributed by atoms with Crippen molar-refractivity contribution >= 4 is 29.2 Å². The highest BCUT2D eigenvalue weighted by atomic mass is 19.1. The van der Waals surface area contributed by atoms with E-state index in [4.69, 9.17) is 0 Å². The fourth-order valence-corrected chi connectivity index (χ4v) is 2.77. The molecule has 1 aliphatic rings. The maximum Gasteiger partial charge on any atom is 0.328 e. The van der Waals surface area contributed by atoms with Crippen molar-refractivity contribution in [1.29, 1.82) is 0 Å². The third-order valence-electron chi connectivity index (χ3n) is 4.30. The van der Waals surface area contributed by atoms with Crippen LogP contribution in [0.4, 0.5) is 20.6 Å². The highest BCUT2D eigenvalue weighted by molar-refractivity contribution is 6.06. The molecule has 28 heavy (non-hydrogen) atoms. The van der Waals surface area contributed by atoms with Crippen LogP contribution in [0.2, 0.25) is 0 Å². The Labute approximate surface area is 161 Å². The zero-order valence-corrected chi connectivity index (χ0v) is 15.9. The molecule has 8 heteroatoms. The highest BCUT2D eigenvalue weighted by Crippen LogP contribution is 2.26. The molecule has 0 spiro atoms. The van der Waals surface area contributed by atoms with Crippen LogP contribution in [0.15, 0.2) is 36.4 Å². The van der Waals surface area contributed by atoms with E-state index in [0.29, 0.717) is 5.69 Å². The Bertz CT molecular complexity index is 953. The van der Waals surface area contributed by atoms with Gasteiger partial charge in [-0.25, -0.2) is 14.2 Å². The number of nitrogens with zero attached hydrogens (tertiary/aromatic N) is 2. The van der Waals surface area contributed by atoms with E-state index in [-0.39, 0.29) is 29.8 Å². The lowest BCUT2D eigenvalue weighted by Gasteiger charge is -2.27. The number of pyridine rings is 1. The predicted octanol–water partition coefficient (Wildman–Crippen LogP) is 3.22. The summed E-state index contributed by atoms with van der Waals surface area (Å²) in [6.45, 7) is 6.06. The molecule has 0 radical (unpaired) electrons. The SMILES string of the molecule is CC(C)(C)c1cccc(C(=O)Nc2ccc(F)c(N3CCC(=O)NC3=O)c2)n1. The lowest BCUT2D eigenvalue weighted by atomic mass is 9.91. The van der Waals surface area contributed by atoms with Gasteiger partial charge in [-0.2, -0.15) is 0 Å². The molecule has 3 rings (SSSR count). The number of carbonyl (C=O) groups is 3. The van der Waals surface area contributed by atoms with E-state index in [2.05, 4.69) is 15.6 Å². The second-order valence-electron chi connectivity index (χ2n) is 7.53. The van der Waals surface area contributed by atoms with Crippen LogP contribution in [-0.2, 0) is 10.2 Å². The number of halogens is 1. The molecule has 2 aromatic rings. The Balaban J connectivity index is 1.83. The second kappa shape index (κ2) is 7.38. The smallest absolute Gasteiger partial charge is 0.321 e. The maximum atomic E-state index is 14.2. The highest BCUT2D eigenvalue weighted by Gasteiger charge is 2.26. The van der Waals surface area contributed by atoms with Gasteiger partial charge in [0.05, 0.1) is 5.69 Å². The first-order valence-electron chi connectivity index (χ1n) is 8.85. The summed E-state index contributed by atoms with van der Waals surface area (Å²) in [4.78, 5) is 41.4. The molecule has 2 heterocycles. The van der Waals surface area contributed by atoms with E-state index >= 15 is 0 Å². The average molecular weight is 384 g/mol. The van der Waals surface area contributed by atoms with Gasteiger partial charge in [0.2, 0.25) is 5.91 Å². The molecule has 1 saturated heterocycles. The Morgan fingerprint density at radius 2 is 1.96 bits per heavy atom. The van der Waals surface area contributed by atoms with Crippen molar-refractivity contribution in [2.24, 2.45) is 0 Å². The maximum absolute atomic E-state index is 14.2. The molecule has 0 bridgehead atoms. The summed E-state index contributed by atoms with van der Waals surface area (Å²) in [5.41, 5.74) is 1.10. The predicted molar refractivity (Wildman–Crippen MR) is 103 cm³/mol. The minimum Gasteiger partial charge on any atom is -0.321 e. The van der Waals surface area contributed by atoms with E-state index in [0.717, 1.165) is 16.7 Å². The van der Waals surface area contributed by atoms with Gasteiger partial charge in [-0.3, -0.25) is 19.8 Å². The first kappa shape index (κ1) is 19.5. The fourth-order valence-electron chi connectivity index (χ4n) is 2.77. The lowest BCUT2D eigenvalue weighted by Crippen LogP contribution is -2.49. The van der Waals surface area contributed by atoms with Crippen LogP contribution in [0.3, 0.4) is 0 Å². The third-order valence-corrected chi connectivity index (χ3v) is 4.30. The minimum atomic E-state index is -0.696. The first-order valence-corrected chi connectivity index (χ1v) is 8.85. The van der Waals surface area contributed by atoms with Gasteiger partial charge in [0, 0.05) is 29.8 Å². The van der Waals surface area contributed by atoms with Crippen molar-refractivity contribution in [3.05, 3.63) is 53.6 Å². The van der Waals surface area contributed by atoms with E-state index < -0.39 is 23.7 Å². The topological polar surface area (TPSA) is 91.4 Å². The van der Waals surface area contributed by atoms with Crippen LogP contribution in [0.1, 0.15) is 43.4 Å². The quantitative estimate of drug-likeness (QED) is 0.850. The van der Waals surface area contributed by atoms with Crippen molar-refractivity contribution in [2.45, 2.75) is 32.6 Å². The Hall–Kier alpha value is -3.29. The molecule has 2 N–H and O–H groups in total. The zero-order chi connectivity index (χ0) is 20.5. The Kier molecular flexibility index (Phi) is 5.13. The van der Waals surface area contributed by atoms with Crippen LogP contribution >= 0.6 is 0 Å². The number of urea groups is 1. The zero-order valence-electron chi connectivity index (χ0n) is 15.9. The molecule has 7 nitrogen and oxygen atoms in total. The van der Waals surface area contributed by atoms with Crippen LogP contribution in [0.5, 0.6) is 0 Å². The number of hydrogen-bond acceptors (Lipinski definition) is 4. The number of carbonyl (C=O) groups excluding carboxylic acids is 3. The number of nitrogens with one attached hydrogen (secondary N) is 2. The van der Waals surface area contributed by atoms with Gasteiger partial charge < -0.3 is 5.32 Å². The molecule has 0 saturated carbocycles. The van der Waals surface area contributed by atoms with Crippen molar-refractivity contribution in [1.82, 2.24) is 10.3 Å². The van der Waals surface area contributed by atoms with Crippen molar-refractivity contribution < 1.29 is 18.8 Å². The Morgan fingerprint density at radius 3 is 2.64 bits per heavy atom. The molecule has 1 aliphatic heterocycles. The molecular weight excluding hydrogens is 363 g/mol. The van der Waals surface area contributed by atoms with Crippen LogP contribution < -0.4 is 15.5 Å². The van der Waals surface area contributed by atoms with E-state index in [1.54, 1.807) is 12.1 Å². The largest absolute Gasteiger partial charge is 0.328 e. The molecular formula is C20H21FN4O3. The number of hydrogen-bond donors (Lipinski definition) is 2. The number of aromatic nitrogens is 1. The molecule has 1 aromatic carbocycles. The van der Waals surface area contributed by atoms with Gasteiger partial charge in [-0.15, -0.1) is 0 Å². The van der Waals surface area contributed by atoms with Crippen LogP contribution in [-0.4, -0.2) is 29.4 Å². The summed E-state index contributed by atoms with van der Waals surface area (Å²) in [5, 5.41) is 4.82. The number of imide groups is 1. The standard InChI is InChI=1S/C20H21FN4O3/c1-20(2,3)16-6-4-5-14(23-16)18(27)22-12-7-8-13(21)15(11-12)25-10-9-17(26)24-19(25)28/h4-8,11H,9-10H2,1-3H3,(H,22,27)(H,24,26,28). The number of anilines is 2. The molecule has 0 unspecified atom stereocenters. The summed E-state index contributed by atoms with van der Waals surface area (Å²) in [6, 6.07) is 8.43. The van der Waals surface area contributed by atoms with E-state index in [1.165, 1.54) is 12.1 Å². The second-order valence-corrected chi connectivity index (χ2v) is 7.53. The van der Waals surface area contributed by atoms with Crippen molar-refractivity contribution in [3.8, 4) is 0 Å². The summed E-state index contributed by atoms with van der Waals surface area (Å²) < 4.78 is 14.2. The van der Waals surface area contributed by atoms with Gasteiger partial charge in [0.1, 0.15) is 11.5 Å². The molecule has 1 aromatic heterocycles. The molecule has 146 valence electrons. The van der Waals surface area contributed by atoms with Gasteiger partial charge in [0.25, 0.3) is 5.91 Å². The average Bonchev–Trinajstić information content (AvgIpc) is 2.63. The summed E-state index contributed by atoms with van der Waals surface area (Å²) in [7, 11) is 0. The van der Waals surface area contributed by atoms with Crippen molar-refractivity contribution in [3.63, 3.8) is 0 Å².